The summed E-state index contributed by atoms with van der Waals surface area (Å²) in [6.45, 7) is 1.45. The molecule has 0 saturated carbocycles. The predicted octanol–water partition coefficient (Wildman–Crippen LogP) is 4.12. The molecule has 1 aromatic carbocycles. The molecule has 1 aliphatic heterocycles. The van der Waals surface area contributed by atoms with Crippen LogP contribution in [0.25, 0.3) is 11.4 Å². The summed E-state index contributed by atoms with van der Waals surface area (Å²) in [5.74, 6) is 0.645. The average Bonchev–Trinajstić information content (AvgIpc) is 2.68. The van der Waals surface area contributed by atoms with Gasteiger partial charge >= 0.3 is 6.18 Å². The van der Waals surface area contributed by atoms with Crippen molar-refractivity contribution >= 4 is 0 Å². The van der Waals surface area contributed by atoms with Gasteiger partial charge in [0.15, 0.2) is 5.82 Å². The molecular formula is C20H17F3N4. The molecule has 3 aromatic rings. The van der Waals surface area contributed by atoms with E-state index in [2.05, 4.69) is 15.0 Å². The first-order valence-electron chi connectivity index (χ1n) is 8.63. The highest BCUT2D eigenvalue weighted by Crippen LogP contribution is 2.33. The van der Waals surface area contributed by atoms with Crippen molar-refractivity contribution < 1.29 is 13.2 Å². The van der Waals surface area contributed by atoms with Gasteiger partial charge in [0.2, 0.25) is 0 Å². The number of rotatable bonds is 3. The van der Waals surface area contributed by atoms with Crippen molar-refractivity contribution in [2.24, 2.45) is 0 Å². The second-order valence-electron chi connectivity index (χ2n) is 6.52. The fraction of sp³-hybridized carbons (Fsp3) is 0.250. The lowest BCUT2D eigenvalue weighted by Gasteiger charge is -2.29. The van der Waals surface area contributed by atoms with Crippen LogP contribution in [0.15, 0.2) is 55.0 Å². The van der Waals surface area contributed by atoms with Crippen LogP contribution in [0.2, 0.25) is 0 Å². The van der Waals surface area contributed by atoms with Gasteiger partial charge in [-0.2, -0.15) is 13.2 Å². The van der Waals surface area contributed by atoms with Gasteiger partial charge in [0.1, 0.15) is 0 Å². The molecule has 0 spiro atoms. The van der Waals surface area contributed by atoms with Gasteiger partial charge in [-0.15, -0.1) is 0 Å². The Morgan fingerprint density at radius 3 is 2.59 bits per heavy atom. The van der Waals surface area contributed by atoms with E-state index in [1.54, 1.807) is 30.7 Å². The van der Waals surface area contributed by atoms with Crippen LogP contribution in [-0.2, 0) is 25.7 Å². The lowest BCUT2D eigenvalue weighted by atomic mass is 10.0. The number of fused-ring (bicyclic) bond motifs is 1. The minimum Gasteiger partial charge on any atom is -0.294 e. The number of alkyl halides is 3. The molecule has 4 nitrogen and oxygen atoms in total. The maximum absolute atomic E-state index is 13.2. The zero-order chi connectivity index (χ0) is 18.9. The molecule has 0 amide bonds. The van der Waals surface area contributed by atoms with Gasteiger partial charge in [0.05, 0.1) is 11.3 Å². The van der Waals surface area contributed by atoms with Gasteiger partial charge in [-0.3, -0.25) is 9.88 Å². The number of hydrogen-bond acceptors (Lipinski definition) is 4. The molecule has 0 fully saturated rings. The first-order valence-corrected chi connectivity index (χ1v) is 8.63. The highest BCUT2D eigenvalue weighted by Gasteiger charge is 2.33. The molecule has 0 bridgehead atoms. The van der Waals surface area contributed by atoms with E-state index >= 15 is 0 Å². The zero-order valence-electron chi connectivity index (χ0n) is 14.4. The Kier molecular flexibility index (Phi) is 4.61. The summed E-state index contributed by atoms with van der Waals surface area (Å²) in [4.78, 5) is 15.0. The number of aromatic nitrogens is 3. The smallest absolute Gasteiger partial charge is 0.294 e. The minimum absolute atomic E-state index is 0.251. The Morgan fingerprint density at radius 2 is 1.81 bits per heavy atom. The number of hydrogen-bond donors (Lipinski definition) is 0. The van der Waals surface area contributed by atoms with Crippen LogP contribution in [0.3, 0.4) is 0 Å². The third kappa shape index (κ3) is 3.83. The highest BCUT2D eigenvalue weighted by atomic mass is 19.4. The molecule has 1 aliphatic rings. The Balaban J connectivity index is 1.53. The van der Waals surface area contributed by atoms with Gasteiger partial charge in [-0.25, -0.2) is 9.97 Å². The summed E-state index contributed by atoms with van der Waals surface area (Å²) >= 11 is 0. The number of halogens is 3. The van der Waals surface area contributed by atoms with Crippen molar-refractivity contribution in [3.05, 3.63) is 77.4 Å². The van der Waals surface area contributed by atoms with E-state index in [0.717, 1.165) is 22.9 Å². The largest absolute Gasteiger partial charge is 0.416 e. The summed E-state index contributed by atoms with van der Waals surface area (Å²) in [5, 5.41) is 0. The molecule has 27 heavy (non-hydrogen) atoms. The Bertz CT molecular complexity index is 941. The van der Waals surface area contributed by atoms with Crippen LogP contribution in [0.1, 0.15) is 22.4 Å². The first-order chi connectivity index (χ1) is 13.0. The quantitative estimate of drug-likeness (QED) is 0.696. The van der Waals surface area contributed by atoms with Crippen molar-refractivity contribution in [3.63, 3.8) is 0 Å². The van der Waals surface area contributed by atoms with E-state index in [-0.39, 0.29) is 6.54 Å². The summed E-state index contributed by atoms with van der Waals surface area (Å²) < 4.78 is 39.6. The van der Waals surface area contributed by atoms with Crippen molar-refractivity contribution in [1.29, 1.82) is 0 Å². The van der Waals surface area contributed by atoms with Crippen molar-refractivity contribution in [2.75, 3.05) is 6.54 Å². The second-order valence-corrected chi connectivity index (χ2v) is 6.52. The van der Waals surface area contributed by atoms with Crippen LogP contribution >= 0.6 is 0 Å². The van der Waals surface area contributed by atoms with Crippen LogP contribution in [-0.4, -0.2) is 26.4 Å². The average molecular weight is 370 g/mol. The summed E-state index contributed by atoms with van der Waals surface area (Å²) in [7, 11) is 0. The Morgan fingerprint density at radius 1 is 1.04 bits per heavy atom. The fourth-order valence-corrected chi connectivity index (χ4v) is 3.33. The maximum Gasteiger partial charge on any atom is 0.416 e. The fourth-order valence-electron chi connectivity index (χ4n) is 3.33. The molecular weight excluding hydrogens is 353 g/mol. The third-order valence-corrected chi connectivity index (χ3v) is 4.67. The van der Waals surface area contributed by atoms with Gasteiger partial charge in [0.25, 0.3) is 0 Å². The molecule has 0 radical (unpaired) electrons. The molecule has 2 aromatic heterocycles. The van der Waals surface area contributed by atoms with E-state index in [4.69, 9.17) is 0 Å². The van der Waals surface area contributed by atoms with Gasteiger partial charge in [0, 0.05) is 55.8 Å². The second kappa shape index (κ2) is 7.08. The normalized spacial score (nSPS) is 14.8. The van der Waals surface area contributed by atoms with Crippen molar-refractivity contribution in [2.45, 2.75) is 25.7 Å². The SMILES string of the molecule is FC(F)(F)c1ccccc1CN1CCc2nc(-c3ccncc3)ncc2C1. The standard InChI is InChI=1S/C20H17F3N4/c21-20(22,23)17-4-2-1-3-15(17)12-27-10-7-18-16(13-27)11-25-19(26-18)14-5-8-24-9-6-14/h1-6,8-9,11H,7,10,12-13H2. The molecule has 0 N–H and O–H groups in total. The Labute approximate surface area is 154 Å². The summed E-state index contributed by atoms with van der Waals surface area (Å²) in [6.07, 6.45) is 1.51. The molecule has 0 aliphatic carbocycles. The molecule has 138 valence electrons. The lowest BCUT2D eigenvalue weighted by molar-refractivity contribution is -0.138. The number of nitrogens with zero attached hydrogens (tertiary/aromatic N) is 4. The first kappa shape index (κ1) is 17.6. The maximum atomic E-state index is 13.2. The molecule has 4 rings (SSSR count). The topological polar surface area (TPSA) is 41.9 Å². The predicted molar refractivity (Wildman–Crippen MR) is 94.5 cm³/mol. The molecule has 0 atom stereocenters. The number of benzene rings is 1. The van der Waals surface area contributed by atoms with Crippen molar-refractivity contribution in [1.82, 2.24) is 19.9 Å². The highest BCUT2D eigenvalue weighted by molar-refractivity contribution is 5.54. The lowest BCUT2D eigenvalue weighted by Crippen LogP contribution is -2.31. The molecule has 0 unspecified atom stereocenters. The van der Waals surface area contributed by atoms with Gasteiger partial charge < -0.3 is 0 Å². The van der Waals surface area contributed by atoms with Crippen LogP contribution in [0.5, 0.6) is 0 Å². The van der Waals surface area contributed by atoms with Crippen molar-refractivity contribution in [3.8, 4) is 11.4 Å². The Hall–Kier alpha value is -2.80. The van der Waals surface area contributed by atoms with Gasteiger partial charge in [-0.1, -0.05) is 18.2 Å². The van der Waals surface area contributed by atoms with Crippen LogP contribution in [0.4, 0.5) is 13.2 Å². The third-order valence-electron chi connectivity index (χ3n) is 4.67. The zero-order valence-corrected chi connectivity index (χ0v) is 14.4. The van der Waals surface area contributed by atoms with E-state index < -0.39 is 11.7 Å². The van der Waals surface area contributed by atoms with E-state index in [1.807, 2.05) is 17.0 Å². The molecule has 7 heteroatoms. The van der Waals surface area contributed by atoms with E-state index in [1.165, 1.54) is 6.07 Å². The van der Waals surface area contributed by atoms with Gasteiger partial charge in [-0.05, 0) is 23.8 Å². The van der Waals surface area contributed by atoms with E-state index in [9.17, 15) is 13.2 Å². The van der Waals surface area contributed by atoms with Crippen LogP contribution in [0, 0.1) is 0 Å². The summed E-state index contributed by atoms with van der Waals surface area (Å²) in [5.41, 5.74) is 2.54. The summed E-state index contributed by atoms with van der Waals surface area (Å²) in [6, 6.07) is 9.45. The monoisotopic (exact) mass is 370 g/mol. The van der Waals surface area contributed by atoms with E-state index in [0.29, 0.717) is 30.9 Å². The van der Waals surface area contributed by atoms with Crippen LogP contribution < -0.4 is 0 Å². The molecule has 3 heterocycles. The number of pyridine rings is 1. The molecule has 0 saturated heterocycles. The minimum atomic E-state index is -4.34.